The van der Waals surface area contributed by atoms with Crippen LogP contribution < -0.4 is 11.1 Å². The van der Waals surface area contributed by atoms with E-state index in [9.17, 15) is 4.79 Å². The molecule has 1 fully saturated rings. The van der Waals surface area contributed by atoms with Gasteiger partial charge in [-0.15, -0.1) is 10.2 Å². The number of nitrogens with zero attached hydrogens (tertiary/aromatic N) is 2. The molecular weight excluding hydrogens is 248 g/mol. The Morgan fingerprint density at radius 2 is 2.28 bits per heavy atom. The van der Waals surface area contributed by atoms with Crippen LogP contribution in [-0.4, -0.2) is 22.1 Å². The van der Waals surface area contributed by atoms with Gasteiger partial charge < -0.3 is 11.1 Å². The van der Waals surface area contributed by atoms with E-state index < -0.39 is 0 Å². The Labute approximate surface area is 111 Å². The van der Waals surface area contributed by atoms with Gasteiger partial charge in [-0.25, -0.2) is 0 Å². The largest absolute Gasteiger partial charge is 0.327 e. The van der Waals surface area contributed by atoms with Crippen LogP contribution >= 0.6 is 11.3 Å². The van der Waals surface area contributed by atoms with Gasteiger partial charge >= 0.3 is 0 Å². The summed E-state index contributed by atoms with van der Waals surface area (Å²) in [6.07, 6.45) is 3.75. The zero-order valence-corrected chi connectivity index (χ0v) is 11.7. The first-order valence-corrected chi connectivity index (χ1v) is 7.26. The fraction of sp³-hybridized carbons (Fsp3) is 0.750. The van der Waals surface area contributed by atoms with Crippen LogP contribution in [0.1, 0.15) is 38.1 Å². The maximum atomic E-state index is 12.0. The van der Waals surface area contributed by atoms with Crippen LogP contribution in [0.25, 0.3) is 0 Å². The number of carbonyl (C=O) groups is 1. The molecule has 1 amide bonds. The summed E-state index contributed by atoms with van der Waals surface area (Å²) in [5, 5.41) is 12.5. The van der Waals surface area contributed by atoms with Crippen molar-refractivity contribution in [1.82, 2.24) is 10.2 Å². The molecule has 3 N–H and O–H groups in total. The molecule has 1 aromatic rings. The van der Waals surface area contributed by atoms with Crippen molar-refractivity contribution < 1.29 is 4.79 Å². The Balaban J connectivity index is 1.92. The minimum Gasteiger partial charge on any atom is -0.327 e. The van der Waals surface area contributed by atoms with Crippen molar-refractivity contribution >= 4 is 22.4 Å². The highest BCUT2D eigenvalue weighted by Gasteiger charge is 2.30. The Bertz CT molecular complexity index is 418. The molecular formula is C12H20N4OS. The zero-order valence-electron chi connectivity index (χ0n) is 10.8. The second kappa shape index (κ2) is 5.75. The van der Waals surface area contributed by atoms with E-state index in [1.807, 2.05) is 0 Å². The number of hydrogen-bond acceptors (Lipinski definition) is 5. The molecule has 1 aromatic heterocycles. The number of anilines is 1. The molecule has 100 valence electrons. The second-order valence-electron chi connectivity index (χ2n) is 5.29. The third-order valence-corrected chi connectivity index (χ3v) is 4.05. The SMILES string of the molecule is CC(C)Cc1nnc(NC(=O)C2CCCC2N)s1. The quantitative estimate of drug-likeness (QED) is 0.872. The molecule has 1 aliphatic carbocycles. The third kappa shape index (κ3) is 3.26. The van der Waals surface area contributed by atoms with Gasteiger partial charge in [-0.2, -0.15) is 0 Å². The average Bonchev–Trinajstić information content (AvgIpc) is 2.87. The van der Waals surface area contributed by atoms with E-state index in [0.29, 0.717) is 11.0 Å². The van der Waals surface area contributed by atoms with Gasteiger partial charge in [0.15, 0.2) is 0 Å². The summed E-state index contributed by atoms with van der Waals surface area (Å²) < 4.78 is 0. The van der Waals surface area contributed by atoms with Crippen molar-refractivity contribution in [1.29, 1.82) is 0 Å². The molecule has 1 heterocycles. The molecule has 1 aliphatic rings. The Morgan fingerprint density at radius 3 is 2.89 bits per heavy atom. The minimum absolute atomic E-state index is 0.00643. The van der Waals surface area contributed by atoms with E-state index in [4.69, 9.17) is 5.73 Å². The van der Waals surface area contributed by atoms with Crippen molar-refractivity contribution in [3.63, 3.8) is 0 Å². The van der Waals surface area contributed by atoms with Crippen molar-refractivity contribution in [2.75, 3.05) is 5.32 Å². The highest BCUT2D eigenvalue weighted by molar-refractivity contribution is 7.15. The predicted molar refractivity (Wildman–Crippen MR) is 72.4 cm³/mol. The molecule has 0 aliphatic heterocycles. The summed E-state index contributed by atoms with van der Waals surface area (Å²) in [5.74, 6) is 0.472. The molecule has 0 spiro atoms. The fourth-order valence-electron chi connectivity index (χ4n) is 2.25. The summed E-state index contributed by atoms with van der Waals surface area (Å²) >= 11 is 1.45. The lowest BCUT2D eigenvalue weighted by molar-refractivity contribution is -0.120. The number of aromatic nitrogens is 2. The number of amides is 1. The van der Waals surface area contributed by atoms with E-state index in [2.05, 4.69) is 29.4 Å². The van der Waals surface area contributed by atoms with Crippen LogP contribution in [0.5, 0.6) is 0 Å². The first-order chi connectivity index (χ1) is 8.56. The zero-order chi connectivity index (χ0) is 13.1. The van der Waals surface area contributed by atoms with Gasteiger partial charge in [-0.1, -0.05) is 31.6 Å². The maximum Gasteiger partial charge on any atom is 0.230 e. The molecule has 18 heavy (non-hydrogen) atoms. The molecule has 0 bridgehead atoms. The van der Waals surface area contributed by atoms with Crippen molar-refractivity contribution in [2.45, 2.75) is 45.6 Å². The molecule has 2 atom stereocenters. The smallest absolute Gasteiger partial charge is 0.230 e. The fourth-order valence-corrected chi connectivity index (χ4v) is 3.20. The van der Waals surface area contributed by atoms with Crippen molar-refractivity contribution in [2.24, 2.45) is 17.6 Å². The lowest BCUT2D eigenvalue weighted by Gasteiger charge is -2.13. The molecule has 2 rings (SSSR count). The standard InChI is InChI=1S/C12H20N4OS/c1-7(2)6-10-15-16-12(18-10)14-11(17)8-4-3-5-9(8)13/h7-9H,3-6,13H2,1-2H3,(H,14,16,17). The summed E-state index contributed by atoms with van der Waals surface area (Å²) in [6, 6.07) is -0.00643. The van der Waals surface area contributed by atoms with Crippen LogP contribution in [0.15, 0.2) is 0 Å². The summed E-state index contributed by atoms with van der Waals surface area (Å²) in [7, 11) is 0. The Hall–Kier alpha value is -1.01. The van der Waals surface area contributed by atoms with Gasteiger partial charge in [0.1, 0.15) is 5.01 Å². The van der Waals surface area contributed by atoms with Crippen LogP contribution in [0.3, 0.4) is 0 Å². The second-order valence-corrected chi connectivity index (χ2v) is 6.35. The lowest BCUT2D eigenvalue weighted by atomic mass is 10.0. The van der Waals surface area contributed by atoms with Gasteiger partial charge in [0, 0.05) is 12.5 Å². The van der Waals surface area contributed by atoms with Gasteiger partial charge in [0.25, 0.3) is 0 Å². The molecule has 5 nitrogen and oxygen atoms in total. The normalized spacial score (nSPS) is 23.6. The molecule has 1 saturated carbocycles. The number of carbonyl (C=O) groups excluding carboxylic acids is 1. The highest BCUT2D eigenvalue weighted by atomic mass is 32.1. The molecule has 0 radical (unpaired) electrons. The number of hydrogen-bond donors (Lipinski definition) is 2. The third-order valence-electron chi connectivity index (χ3n) is 3.19. The van der Waals surface area contributed by atoms with Crippen molar-refractivity contribution in [3.05, 3.63) is 5.01 Å². The average molecular weight is 268 g/mol. The molecule has 0 aromatic carbocycles. The van der Waals surface area contributed by atoms with Gasteiger partial charge in [-0.05, 0) is 18.8 Å². The van der Waals surface area contributed by atoms with Gasteiger partial charge in [0.05, 0.1) is 5.92 Å². The van der Waals surface area contributed by atoms with E-state index in [1.54, 1.807) is 0 Å². The van der Waals surface area contributed by atoms with E-state index in [1.165, 1.54) is 11.3 Å². The van der Waals surface area contributed by atoms with Crippen LogP contribution in [0.2, 0.25) is 0 Å². The van der Waals surface area contributed by atoms with Crippen molar-refractivity contribution in [3.8, 4) is 0 Å². The summed E-state index contributed by atoms with van der Waals surface area (Å²) in [6.45, 7) is 4.27. The number of nitrogens with two attached hydrogens (primary N) is 1. The first kappa shape index (κ1) is 13.4. The van der Waals surface area contributed by atoms with Gasteiger partial charge in [-0.3, -0.25) is 4.79 Å². The lowest BCUT2D eigenvalue weighted by Crippen LogP contribution is -2.34. The summed E-state index contributed by atoms with van der Waals surface area (Å²) in [5.41, 5.74) is 5.91. The monoisotopic (exact) mass is 268 g/mol. The van der Waals surface area contributed by atoms with Crippen LogP contribution in [0.4, 0.5) is 5.13 Å². The minimum atomic E-state index is -0.0672. The Morgan fingerprint density at radius 1 is 1.50 bits per heavy atom. The number of rotatable bonds is 4. The molecule has 6 heteroatoms. The van der Waals surface area contributed by atoms with E-state index in [0.717, 1.165) is 30.7 Å². The van der Waals surface area contributed by atoms with E-state index in [-0.39, 0.29) is 17.9 Å². The molecule has 2 unspecified atom stereocenters. The summed E-state index contributed by atoms with van der Waals surface area (Å²) in [4.78, 5) is 12.0. The topological polar surface area (TPSA) is 80.9 Å². The maximum absolute atomic E-state index is 12.0. The highest BCUT2D eigenvalue weighted by Crippen LogP contribution is 2.26. The Kier molecular flexibility index (Phi) is 4.29. The van der Waals surface area contributed by atoms with Crippen LogP contribution in [0, 0.1) is 11.8 Å². The first-order valence-electron chi connectivity index (χ1n) is 6.45. The molecule has 0 saturated heterocycles. The predicted octanol–water partition coefficient (Wildman–Crippen LogP) is 1.80. The van der Waals surface area contributed by atoms with E-state index >= 15 is 0 Å². The number of nitrogens with one attached hydrogen (secondary N) is 1. The van der Waals surface area contributed by atoms with Gasteiger partial charge in [0.2, 0.25) is 11.0 Å². The van der Waals surface area contributed by atoms with Crippen LogP contribution in [-0.2, 0) is 11.2 Å².